The van der Waals surface area contributed by atoms with Gasteiger partial charge in [0.1, 0.15) is 0 Å². The molecule has 1 heterocycles. The smallest absolute Gasteiger partial charge is 0.304 e. The molecule has 3 nitrogen and oxygen atoms in total. The van der Waals surface area contributed by atoms with Gasteiger partial charge in [-0.1, -0.05) is 11.6 Å². The van der Waals surface area contributed by atoms with Gasteiger partial charge in [-0.2, -0.15) is 0 Å². The summed E-state index contributed by atoms with van der Waals surface area (Å²) in [5.41, 5.74) is 2.65. The van der Waals surface area contributed by atoms with Crippen LogP contribution in [-0.2, 0) is 4.79 Å². The van der Waals surface area contributed by atoms with Gasteiger partial charge in [0.25, 0.3) is 0 Å². The van der Waals surface area contributed by atoms with E-state index < -0.39 is 5.97 Å². The minimum absolute atomic E-state index is 0.194. The Labute approximate surface area is 89.3 Å². The number of carbonyl (C=O) groups is 1. The van der Waals surface area contributed by atoms with Crippen LogP contribution in [0.25, 0.3) is 0 Å². The zero-order chi connectivity index (χ0) is 10.6. The predicted octanol–water partition coefficient (Wildman–Crippen LogP) is 2.07. The zero-order valence-corrected chi connectivity index (χ0v) is 9.13. The minimum atomic E-state index is -0.714. The van der Waals surface area contributed by atoms with Gasteiger partial charge in [0.15, 0.2) is 0 Å². The molecule has 0 aromatic carbocycles. The topological polar surface area (TPSA) is 40.5 Å². The first-order chi connectivity index (χ1) is 6.63. The van der Waals surface area contributed by atoms with Crippen molar-refractivity contribution in [2.75, 3.05) is 13.1 Å². The van der Waals surface area contributed by atoms with E-state index in [1.807, 2.05) is 6.92 Å². The molecule has 14 heavy (non-hydrogen) atoms. The third-order valence-corrected chi connectivity index (χ3v) is 2.92. The molecule has 1 saturated heterocycles. The molecular formula is C10H16ClNO2. The second-order valence-corrected chi connectivity index (χ2v) is 4.04. The van der Waals surface area contributed by atoms with Crippen molar-refractivity contribution in [3.05, 3.63) is 11.1 Å². The molecule has 1 fully saturated rings. The van der Waals surface area contributed by atoms with Crippen LogP contribution in [0.5, 0.6) is 0 Å². The van der Waals surface area contributed by atoms with Crippen LogP contribution < -0.4 is 0 Å². The van der Waals surface area contributed by atoms with Gasteiger partial charge in [0.2, 0.25) is 0 Å². The molecule has 1 aliphatic rings. The highest BCUT2D eigenvalue weighted by Gasteiger charge is 2.26. The van der Waals surface area contributed by atoms with Crippen LogP contribution in [0.15, 0.2) is 11.1 Å². The second kappa shape index (κ2) is 5.37. The van der Waals surface area contributed by atoms with E-state index in [9.17, 15) is 4.79 Å². The molecule has 0 amide bonds. The molecule has 0 spiro atoms. The van der Waals surface area contributed by atoms with Gasteiger partial charge in [-0.05, 0) is 31.9 Å². The average molecular weight is 218 g/mol. The third-order valence-electron chi connectivity index (χ3n) is 2.55. The summed E-state index contributed by atoms with van der Waals surface area (Å²) < 4.78 is 0. The fourth-order valence-corrected chi connectivity index (χ4v) is 1.96. The van der Waals surface area contributed by atoms with Gasteiger partial charge in [-0.25, -0.2) is 0 Å². The van der Waals surface area contributed by atoms with Crippen molar-refractivity contribution >= 4 is 17.6 Å². The van der Waals surface area contributed by atoms with E-state index in [0.717, 1.165) is 31.5 Å². The monoisotopic (exact) mass is 217 g/mol. The van der Waals surface area contributed by atoms with Gasteiger partial charge in [-0.15, -0.1) is 0 Å². The molecule has 80 valence electrons. The summed E-state index contributed by atoms with van der Waals surface area (Å²) in [7, 11) is 0. The molecule has 0 radical (unpaired) electrons. The number of likely N-dealkylation sites (tertiary alicyclic amines) is 1. The van der Waals surface area contributed by atoms with Gasteiger partial charge in [-0.3, -0.25) is 9.69 Å². The first kappa shape index (κ1) is 11.5. The maximum atomic E-state index is 10.6. The average Bonchev–Trinajstić information content (AvgIpc) is 2.52. The van der Waals surface area contributed by atoms with Crippen molar-refractivity contribution in [1.82, 2.24) is 4.90 Å². The highest BCUT2D eigenvalue weighted by molar-refractivity contribution is 6.25. The van der Waals surface area contributed by atoms with Crippen LogP contribution in [0.2, 0.25) is 0 Å². The number of aliphatic carboxylic acids is 1. The molecule has 0 bridgehead atoms. The Hall–Kier alpha value is -0.540. The summed E-state index contributed by atoms with van der Waals surface area (Å²) in [6, 6.07) is 0.194. The lowest BCUT2D eigenvalue weighted by atomic mass is 10.1. The van der Waals surface area contributed by atoms with Gasteiger partial charge in [0.05, 0.1) is 6.42 Å². The quantitative estimate of drug-likeness (QED) is 0.784. The Morgan fingerprint density at radius 1 is 1.71 bits per heavy atom. The van der Waals surface area contributed by atoms with E-state index >= 15 is 0 Å². The van der Waals surface area contributed by atoms with Crippen LogP contribution in [0.4, 0.5) is 0 Å². The lowest BCUT2D eigenvalue weighted by Gasteiger charge is -2.23. The maximum absolute atomic E-state index is 10.6. The normalized spacial score (nSPS) is 24.1. The van der Waals surface area contributed by atoms with Crippen LogP contribution >= 0.6 is 11.6 Å². The third kappa shape index (κ3) is 3.31. The van der Waals surface area contributed by atoms with Crippen molar-refractivity contribution in [3.8, 4) is 0 Å². The molecule has 0 saturated carbocycles. The minimum Gasteiger partial charge on any atom is -0.481 e. The summed E-state index contributed by atoms with van der Waals surface area (Å²) in [4.78, 5) is 12.8. The van der Waals surface area contributed by atoms with E-state index in [4.69, 9.17) is 16.7 Å². The van der Waals surface area contributed by atoms with E-state index in [2.05, 4.69) is 4.90 Å². The number of halogens is 1. The first-order valence-electron chi connectivity index (χ1n) is 4.85. The number of hydrogen-bond donors (Lipinski definition) is 1. The Balaban J connectivity index is 2.46. The van der Waals surface area contributed by atoms with Crippen molar-refractivity contribution in [1.29, 1.82) is 0 Å². The van der Waals surface area contributed by atoms with E-state index in [1.165, 1.54) is 0 Å². The molecule has 0 aromatic rings. The maximum Gasteiger partial charge on any atom is 0.304 e. The molecule has 1 N–H and O–H groups in total. The number of carboxylic acid groups (broad SMARTS) is 1. The van der Waals surface area contributed by atoms with Crippen LogP contribution in [0.3, 0.4) is 0 Å². The van der Waals surface area contributed by atoms with E-state index in [1.54, 1.807) is 5.54 Å². The first-order valence-corrected chi connectivity index (χ1v) is 5.29. The summed E-state index contributed by atoms with van der Waals surface area (Å²) in [6.07, 6.45) is 2.32. The van der Waals surface area contributed by atoms with Gasteiger partial charge >= 0.3 is 5.97 Å². The Morgan fingerprint density at radius 2 is 2.43 bits per heavy atom. The molecule has 1 atom stereocenters. The summed E-state index contributed by atoms with van der Waals surface area (Å²) in [5, 5.41) is 8.72. The number of rotatable bonds is 4. The number of carboxylic acids is 1. The fraction of sp³-hybridized carbons (Fsp3) is 0.700. The van der Waals surface area contributed by atoms with Crippen molar-refractivity contribution in [2.24, 2.45) is 0 Å². The molecule has 4 heteroatoms. The van der Waals surface area contributed by atoms with Crippen molar-refractivity contribution < 1.29 is 9.90 Å². The van der Waals surface area contributed by atoms with Crippen LogP contribution in [0, 0.1) is 0 Å². The summed E-state index contributed by atoms with van der Waals surface area (Å²) in [5.74, 6) is -0.714. The van der Waals surface area contributed by atoms with E-state index in [0.29, 0.717) is 0 Å². The van der Waals surface area contributed by atoms with Crippen LogP contribution in [0.1, 0.15) is 26.2 Å². The highest BCUT2D eigenvalue weighted by Crippen LogP contribution is 2.21. The SMILES string of the molecule is CC(=CCl)CN1CCCC1CC(=O)O. The lowest BCUT2D eigenvalue weighted by molar-refractivity contribution is -0.138. The Morgan fingerprint density at radius 3 is 3.00 bits per heavy atom. The second-order valence-electron chi connectivity index (χ2n) is 3.82. The highest BCUT2D eigenvalue weighted by atomic mass is 35.5. The molecule has 1 aliphatic heterocycles. The fourth-order valence-electron chi connectivity index (χ4n) is 1.89. The van der Waals surface area contributed by atoms with Gasteiger partial charge in [0, 0.05) is 18.1 Å². The molecular weight excluding hydrogens is 202 g/mol. The van der Waals surface area contributed by atoms with E-state index in [-0.39, 0.29) is 12.5 Å². The zero-order valence-electron chi connectivity index (χ0n) is 8.37. The van der Waals surface area contributed by atoms with Crippen molar-refractivity contribution in [2.45, 2.75) is 32.2 Å². The van der Waals surface area contributed by atoms with Crippen LogP contribution in [-0.4, -0.2) is 35.1 Å². The predicted molar refractivity (Wildman–Crippen MR) is 56.5 cm³/mol. The summed E-state index contributed by atoms with van der Waals surface area (Å²) in [6.45, 7) is 3.74. The largest absolute Gasteiger partial charge is 0.481 e. The lowest BCUT2D eigenvalue weighted by Crippen LogP contribution is -2.32. The molecule has 0 aromatic heterocycles. The summed E-state index contributed by atoms with van der Waals surface area (Å²) >= 11 is 5.58. The van der Waals surface area contributed by atoms with Gasteiger partial charge < -0.3 is 5.11 Å². The standard InChI is InChI=1S/C10H16ClNO2/c1-8(6-11)7-12-4-2-3-9(12)5-10(13)14/h6,9H,2-5,7H2,1H3,(H,13,14). The Kier molecular flexibility index (Phi) is 4.42. The van der Waals surface area contributed by atoms with Crippen molar-refractivity contribution in [3.63, 3.8) is 0 Å². The molecule has 1 rings (SSSR count). The molecule has 1 unspecified atom stereocenters. The number of hydrogen-bond acceptors (Lipinski definition) is 2. The molecule has 0 aliphatic carbocycles. The Bertz CT molecular complexity index is 240. The number of nitrogens with zero attached hydrogens (tertiary/aromatic N) is 1.